The molecule has 0 bridgehead atoms. The first-order valence-electron chi connectivity index (χ1n) is 3.46. The van der Waals surface area contributed by atoms with Gasteiger partial charge >= 0.3 is 0 Å². The third-order valence-corrected chi connectivity index (χ3v) is 2.43. The van der Waals surface area contributed by atoms with Crippen LogP contribution in [0.15, 0.2) is 6.07 Å². The molecule has 2 nitrogen and oxygen atoms in total. The van der Waals surface area contributed by atoms with Crippen LogP contribution < -0.4 is 0 Å². The van der Waals surface area contributed by atoms with Crippen LogP contribution in [0.1, 0.15) is 28.0 Å². The van der Waals surface area contributed by atoms with E-state index in [1.54, 1.807) is 22.6 Å². The molecule has 1 rings (SSSR count). The molecule has 70 valence electrons. The van der Waals surface area contributed by atoms with Gasteiger partial charge < -0.3 is 0 Å². The maximum absolute atomic E-state index is 12.3. The second-order valence-electron chi connectivity index (χ2n) is 2.49. The monoisotopic (exact) mass is 297 g/mol. The van der Waals surface area contributed by atoms with Crippen molar-refractivity contribution in [3.8, 4) is 0 Å². The van der Waals surface area contributed by atoms with Crippen LogP contribution >= 0.6 is 22.6 Å². The molecule has 0 radical (unpaired) electrons. The fraction of sp³-hybridized carbons (Fsp3) is 0.250. The SMILES string of the molecule is Cc1cc(C=O)c(I)nc1C(F)F. The first-order chi connectivity index (χ1) is 6.06. The number of aldehydes is 1. The van der Waals surface area contributed by atoms with Crippen molar-refractivity contribution < 1.29 is 13.6 Å². The van der Waals surface area contributed by atoms with Gasteiger partial charge in [0.1, 0.15) is 9.39 Å². The molecule has 0 aliphatic rings. The van der Waals surface area contributed by atoms with Gasteiger partial charge in [-0.15, -0.1) is 0 Å². The zero-order valence-electron chi connectivity index (χ0n) is 6.72. The Balaban J connectivity index is 3.28. The van der Waals surface area contributed by atoms with Gasteiger partial charge in [0.05, 0.1) is 0 Å². The lowest BCUT2D eigenvalue weighted by Crippen LogP contribution is -2.00. The second kappa shape index (κ2) is 4.08. The van der Waals surface area contributed by atoms with Crippen LogP contribution in [0, 0.1) is 10.6 Å². The van der Waals surface area contributed by atoms with E-state index in [0.29, 0.717) is 21.1 Å². The van der Waals surface area contributed by atoms with E-state index in [0.717, 1.165) is 0 Å². The summed E-state index contributed by atoms with van der Waals surface area (Å²) in [5, 5.41) is 0. The molecule has 1 aromatic rings. The van der Waals surface area contributed by atoms with E-state index in [9.17, 15) is 13.6 Å². The number of pyridine rings is 1. The quantitative estimate of drug-likeness (QED) is 0.477. The topological polar surface area (TPSA) is 30.0 Å². The third kappa shape index (κ3) is 2.20. The molecular weight excluding hydrogens is 291 g/mol. The van der Waals surface area contributed by atoms with Crippen molar-refractivity contribution in [1.82, 2.24) is 4.98 Å². The number of hydrogen-bond acceptors (Lipinski definition) is 2. The van der Waals surface area contributed by atoms with E-state index in [4.69, 9.17) is 0 Å². The van der Waals surface area contributed by atoms with E-state index < -0.39 is 6.43 Å². The number of hydrogen-bond donors (Lipinski definition) is 0. The van der Waals surface area contributed by atoms with Gasteiger partial charge in [-0.3, -0.25) is 4.79 Å². The Morgan fingerprint density at radius 2 is 2.23 bits per heavy atom. The van der Waals surface area contributed by atoms with Crippen molar-refractivity contribution in [2.45, 2.75) is 13.3 Å². The van der Waals surface area contributed by atoms with Gasteiger partial charge in [0, 0.05) is 5.56 Å². The summed E-state index contributed by atoms with van der Waals surface area (Å²) >= 11 is 1.76. The first-order valence-corrected chi connectivity index (χ1v) is 4.54. The summed E-state index contributed by atoms with van der Waals surface area (Å²) in [6.07, 6.45) is -1.98. The minimum atomic E-state index is -2.59. The lowest BCUT2D eigenvalue weighted by atomic mass is 10.2. The van der Waals surface area contributed by atoms with E-state index in [1.165, 1.54) is 13.0 Å². The minimum Gasteiger partial charge on any atom is -0.298 e. The van der Waals surface area contributed by atoms with Gasteiger partial charge in [-0.05, 0) is 41.1 Å². The molecule has 5 heteroatoms. The summed E-state index contributed by atoms with van der Waals surface area (Å²) in [5.74, 6) is 0. The summed E-state index contributed by atoms with van der Waals surface area (Å²) in [4.78, 5) is 14.1. The van der Waals surface area contributed by atoms with E-state index in [2.05, 4.69) is 4.98 Å². The van der Waals surface area contributed by atoms with Gasteiger partial charge in [0.2, 0.25) is 0 Å². The highest BCUT2D eigenvalue weighted by atomic mass is 127. The Kier molecular flexibility index (Phi) is 3.29. The number of alkyl halides is 2. The van der Waals surface area contributed by atoms with Crippen molar-refractivity contribution in [2.24, 2.45) is 0 Å². The first kappa shape index (κ1) is 10.5. The molecule has 0 saturated carbocycles. The Morgan fingerprint density at radius 3 is 2.69 bits per heavy atom. The van der Waals surface area contributed by atoms with Crippen LogP contribution in [0.3, 0.4) is 0 Å². The number of aryl methyl sites for hydroxylation is 1. The highest BCUT2D eigenvalue weighted by Gasteiger charge is 2.14. The molecule has 1 heterocycles. The largest absolute Gasteiger partial charge is 0.298 e. The maximum Gasteiger partial charge on any atom is 0.280 e. The number of aromatic nitrogens is 1. The molecule has 0 aliphatic carbocycles. The van der Waals surface area contributed by atoms with Crippen LogP contribution in [0.2, 0.25) is 0 Å². The molecule has 0 aliphatic heterocycles. The highest BCUT2D eigenvalue weighted by Crippen LogP contribution is 2.22. The molecule has 0 aromatic carbocycles. The molecule has 0 unspecified atom stereocenters. The van der Waals surface area contributed by atoms with Crippen molar-refractivity contribution >= 4 is 28.9 Å². The van der Waals surface area contributed by atoms with Gasteiger partial charge in [-0.25, -0.2) is 13.8 Å². The van der Waals surface area contributed by atoms with Crippen molar-refractivity contribution in [3.63, 3.8) is 0 Å². The van der Waals surface area contributed by atoms with Gasteiger partial charge in [-0.1, -0.05) is 0 Å². The van der Waals surface area contributed by atoms with E-state index in [1.807, 2.05) is 0 Å². The fourth-order valence-corrected chi connectivity index (χ4v) is 1.47. The second-order valence-corrected chi connectivity index (χ2v) is 3.51. The minimum absolute atomic E-state index is 0.255. The Hall–Kier alpha value is -0.590. The predicted octanol–water partition coefficient (Wildman–Crippen LogP) is 2.74. The normalized spacial score (nSPS) is 10.5. The standard InChI is InChI=1S/C8H6F2INO/c1-4-2-5(3-13)8(11)12-6(4)7(9)10/h2-3,7H,1H3. The molecule has 0 saturated heterocycles. The van der Waals surface area contributed by atoms with Crippen molar-refractivity contribution in [3.05, 3.63) is 26.6 Å². The Labute approximate surface area is 87.5 Å². The van der Waals surface area contributed by atoms with Gasteiger partial charge in [0.15, 0.2) is 6.29 Å². The lowest BCUT2D eigenvalue weighted by molar-refractivity contribution is 0.112. The molecule has 0 atom stereocenters. The number of halogens is 3. The number of carbonyl (C=O) groups excluding carboxylic acids is 1. The Morgan fingerprint density at radius 1 is 1.62 bits per heavy atom. The van der Waals surface area contributed by atoms with Crippen molar-refractivity contribution in [1.29, 1.82) is 0 Å². The van der Waals surface area contributed by atoms with Crippen LogP contribution in [0.5, 0.6) is 0 Å². The zero-order chi connectivity index (χ0) is 10.0. The Bertz CT molecular complexity index is 341. The van der Waals surface area contributed by atoms with Gasteiger partial charge in [-0.2, -0.15) is 0 Å². The summed E-state index contributed by atoms with van der Waals surface area (Å²) in [6, 6.07) is 1.42. The molecule has 0 amide bonds. The summed E-state index contributed by atoms with van der Waals surface area (Å²) in [5.41, 5.74) is 0.440. The maximum atomic E-state index is 12.3. The third-order valence-electron chi connectivity index (χ3n) is 1.57. The molecule has 0 spiro atoms. The van der Waals surface area contributed by atoms with E-state index >= 15 is 0 Å². The average Bonchev–Trinajstić information content (AvgIpc) is 2.07. The van der Waals surface area contributed by atoms with Crippen LogP contribution in [-0.4, -0.2) is 11.3 Å². The summed E-state index contributed by atoms with van der Waals surface area (Å²) < 4.78 is 24.9. The van der Waals surface area contributed by atoms with Crippen LogP contribution in [-0.2, 0) is 0 Å². The molecule has 0 N–H and O–H groups in total. The van der Waals surface area contributed by atoms with Crippen LogP contribution in [0.25, 0.3) is 0 Å². The van der Waals surface area contributed by atoms with Crippen molar-refractivity contribution in [2.75, 3.05) is 0 Å². The molecule has 13 heavy (non-hydrogen) atoms. The van der Waals surface area contributed by atoms with Gasteiger partial charge in [0.25, 0.3) is 6.43 Å². The lowest BCUT2D eigenvalue weighted by Gasteiger charge is -2.05. The number of nitrogens with zero attached hydrogens (tertiary/aromatic N) is 1. The number of carbonyl (C=O) groups is 1. The predicted molar refractivity (Wildman–Crippen MR) is 52.0 cm³/mol. The molecule has 0 fully saturated rings. The van der Waals surface area contributed by atoms with Crippen LogP contribution in [0.4, 0.5) is 8.78 Å². The molecule has 1 aromatic heterocycles. The zero-order valence-corrected chi connectivity index (χ0v) is 8.88. The smallest absolute Gasteiger partial charge is 0.280 e. The molecular formula is C8H6F2INO. The highest BCUT2D eigenvalue weighted by molar-refractivity contribution is 14.1. The average molecular weight is 297 g/mol. The fourth-order valence-electron chi connectivity index (χ4n) is 0.929. The summed E-state index contributed by atoms with van der Waals surface area (Å²) in [7, 11) is 0. The number of rotatable bonds is 2. The summed E-state index contributed by atoms with van der Waals surface area (Å²) in [6.45, 7) is 1.51. The van der Waals surface area contributed by atoms with E-state index in [-0.39, 0.29) is 5.69 Å².